The second kappa shape index (κ2) is 7.26. The summed E-state index contributed by atoms with van der Waals surface area (Å²) in [5.74, 6) is 0.149. The fourth-order valence-electron chi connectivity index (χ4n) is 2.22. The van der Waals surface area contributed by atoms with Crippen LogP contribution in [0.2, 0.25) is 10.0 Å². The molecule has 2 aromatic rings. The number of aromatic nitrogens is 2. The lowest BCUT2D eigenvalue weighted by molar-refractivity contribution is -0.137. The maximum Gasteiger partial charge on any atom is 0.416 e. The van der Waals surface area contributed by atoms with Crippen molar-refractivity contribution in [2.75, 3.05) is 19.0 Å². The summed E-state index contributed by atoms with van der Waals surface area (Å²) in [7, 11) is 3.10. The molecule has 0 saturated carbocycles. The van der Waals surface area contributed by atoms with Crippen molar-refractivity contribution in [2.45, 2.75) is 22.7 Å². The SMILES string of the molecule is Cc1nn(-c2c(Cl)cc(C(F)(F)F)cc2Cl)c(N(C)C)c1SC(F)(F)Cl. The summed E-state index contributed by atoms with van der Waals surface area (Å²) in [5.41, 5.74) is -0.905. The number of hydrogen-bond acceptors (Lipinski definition) is 3. The number of aryl methyl sites for hydroxylation is 1. The molecule has 0 aliphatic rings. The normalized spacial score (nSPS) is 12.6. The maximum atomic E-state index is 13.3. The maximum absolute atomic E-state index is 13.3. The molecule has 0 radical (unpaired) electrons. The van der Waals surface area contributed by atoms with E-state index in [1.807, 2.05) is 0 Å². The number of nitrogens with zero attached hydrogens (tertiary/aromatic N) is 3. The van der Waals surface area contributed by atoms with Gasteiger partial charge < -0.3 is 4.90 Å². The number of hydrogen-bond donors (Lipinski definition) is 0. The van der Waals surface area contributed by atoms with E-state index in [-0.39, 0.29) is 43.9 Å². The Labute approximate surface area is 165 Å². The zero-order valence-electron chi connectivity index (χ0n) is 13.4. The second-order valence-electron chi connectivity index (χ2n) is 5.38. The third-order valence-electron chi connectivity index (χ3n) is 3.18. The number of halogens is 8. The van der Waals surface area contributed by atoms with Crippen LogP contribution in [0.4, 0.5) is 27.8 Å². The Morgan fingerprint density at radius 2 is 1.58 bits per heavy atom. The van der Waals surface area contributed by atoms with Crippen molar-refractivity contribution in [1.29, 1.82) is 0 Å². The van der Waals surface area contributed by atoms with Gasteiger partial charge >= 0.3 is 10.9 Å². The Balaban J connectivity index is 2.72. The predicted molar refractivity (Wildman–Crippen MR) is 94.3 cm³/mol. The summed E-state index contributed by atoms with van der Waals surface area (Å²) in [5, 5.41) is 3.45. The first kappa shape index (κ1) is 21.4. The Bertz CT molecular complexity index is 807. The largest absolute Gasteiger partial charge is 0.416 e. The molecule has 0 unspecified atom stereocenters. The lowest BCUT2D eigenvalue weighted by Crippen LogP contribution is -2.16. The number of rotatable bonds is 4. The lowest BCUT2D eigenvalue weighted by Gasteiger charge is -2.19. The second-order valence-corrected chi connectivity index (χ2v) is 8.02. The highest BCUT2D eigenvalue weighted by Crippen LogP contribution is 2.46. The molecule has 2 rings (SSSR count). The molecule has 0 saturated heterocycles. The van der Waals surface area contributed by atoms with E-state index >= 15 is 0 Å². The molecule has 1 heterocycles. The van der Waals surface area contributed by atoms with Crippen molar-refractivity contribution >= 4 is 52.4 Å². The van der Waals surface area contributed by atoms with E-state index in [1.54, 1.807) is 14.1 Å². The van der Waals surface area contributed by atoms with Gasteiger partial charge in [-0.15, -0.1) is 0 Å². The van der Waals surface area contributed by atoms with Gasteiger partial charge in [-0.3, -0.25) is 0 Å². The molecule has 0 bridgehead atoms. The van der Waals surface area contributed by atoms with Crippen molar-refractivity contribution in [2.24, 2.45) is 0 Å². The van der Waals surface area contributed by atoms with Crippen molar-refractivity contribution in [3.05, 3.63) is 33.4 Å². The fourth-order valence-corrected chi connectivity index (χ4v) is 3.87. The van der Waals surface area contributed by atoms with Gasteiger partial charge in [-0.25, -0.2) is 4.68 Å². The van der Waals surface area contributed by atoms with Gasteiger partial charge in [-0.2, -0.15) is 27.1 Å². The van der Waals surface area contributed by atoms with E-state index < -0.39 is 16.5 Å². The highest BCUT2D eigenvalue weighted by molar-refractivity contribution is 8.01. The third-order valence-corrected chi connectivity index (χ3v) is 4.90. The van der Waals surface area contributed by atoms with Gasteiger partial charge in [-0.05, 0) is 42.4 Å². The van der Waals surface area contributed by atoms with Crippen LogP contribution in [0.1, 0.15) is 11.3 Å². The quantitative estimate of drug-likeness (QED) is 0.301. The Morgan fingerprint density at radius 3 is 1.96 bits per heavy atom. The molecule has 0 atom stereocenters. The number of anilines is 1. The average molecular weight is 455 g/mol. The molecule has 12 heteroatoms. The summed E-state index contributed by atoms with van der Waals surface area (Å²) in [4.78, 5) is 1.50. The average Bonchev–Trinajstić information content (AvgIpc) is 2.72. The molecule has 3 nitrogen and oxygen atoms in total. The highest BCUT2D eigenvalue weighted by atomic mass is 35.5. The van der Waals surface area contributed by atoms with E-state index in [4.69, 9.17) is 34.8 Å². The topological polar surface area (TPSA) is 21.1 Å². The molecule has 1 aromatic heterocycles. The lowest BCUT2D eigenvalue weighted by atomic mass is 10.2. The van der Waals surface area contributed by atoms with Crippen LogP contribution in [-0.2, 0) is 6.18 Å². The number of alkyl halides is 6. The number of thioether (sulfide) groups is 1. The Kier molecular flexibility index (Phi) is 5.97. The molecular formula is C14H11Cl3F5N3S. The van der Waals surface area contributed by atoms with E-state index in [1.165, 1.54) is 11.8 Å². The summed E-state index contributed by atoms with van der Waals surface area (Å²) in [6.07, 6.45) is -4.64. The summed E-state index contributed by atoms with van der Waals surface area (Å²) in [6.45, 7) is 1.46. The Hall–Kier alpha value is -0.900. The standard InChI is InChI=1S/C14H11Cl3F5N3S/c1-6-11(26-14(17,21)22)12(24(2)3)25(23-6)10-8(15)4-7(5-9(10)16)13(18,19)20/h4-5H,1-3H3. The summed E-state index contributed by atoms with van der Waals surface area (Å²) < 4.78 is 62.8. The molecule has 0 amide bonds. The molecule has 0 spiro atoms. The number of benzene rings is 1. The zero-order chi connectivity index (χ0) is 20.0. The predicted octanol–water partition coefficient (Wildman–Crippen LogP) is 6.45. The van der Waals surface area contributed by atoms with Gasteiger partial charge in [0.25, 0.3) is 0 Å². The van der Waals surface area contributed by atoms with Crippen molar-refractivity contribution in [3.63, 3.8) is 0 Å². The smallest absolute Gasteiger partial charge is 0.362 e. The molecule has 0 aliphatic carbocycles. The van der Waals surface area contributed by atoms with Gasteiger partial charge in [0.2, 0.25) is 0 Å². The zero-order valence-corrected chi connectivity index (χ0v) is 16.5. The molecule has 0 N–H and O–H groups in total. The van der Waals surface area contributed by atoms with Crippen LogP contribution in [0.5, 0.6) is 0 Å². The van der Waals surface area contributed by atoms with Gasteiger partial charge in [0, 0.05) is 14.1 Å². The van der Waals surface area contributed by atoms with Crippen LogP contribution in [0.3, 0.4) is 0 Å². The van der Waals surface area contributed by atoms with Gasteiger partial charge in [0.15, 0.2) is 0 Å². The monoisotopic (exact) mass is 453 g/mol. The minimum atomic E-state index is -4.64. The molecule has 0 fully saturated rings. The van der Waals surface area contributed by atoms with E-state index in [2.05, 4.69) is 5.10 Å². The fraction of sp³-hybridized carbons (Fsp3) is 0.357. The first-order valence-corrected chi connectivity index (χ1v) is 8.76. The summed E-state index contributed by atoms with van der Waals surface area (Å²) >= 11 is 17.1. The van der Waals surface area contributed by atoms with Crippen LogP contribution < -0.4 is 4.90 Å². The van der Waals surface area contributed by atoms with Crippen LogP contribution in [0.15, 0.2) is 17.0 Å². The summed E-state index contributed by atoms with van der Waals surface area (Å²) in [6, 6.07) is 1.39. The van der Waals surface area contributed by atoms with E-state index in [9.17, 15) is 22.0 Å². The molecule has 0 aliphatic heterocycles. The van der Waals surface area contributed by atoms with Gasteiger partial charge in [0.05, 0.1) is 26.2 Å². The highest BCUT2D eigenvalue weighted by Gasteiger charge is 2.35. The van der Waals surface area contributed by atoms with Crippen molar-refractivity contribution in [3.8, 4) is 5.69 Å². The minimum absolute atomic E-state index is 0.0435. The molecule has 144 valence electrons. The molecule has 1 aromatic carbocycles. The van der Waals surface area contributed by atoms with E-state index in [0.29, 0.717) is 12.1 Å². The van der Waals surface area contributed by atoms with Crippen molar-refractivity contribution < 1.29 is 22.0 Å². The van der Waals surface area contributed by atoms with Crippen molar-refractivity contribution in [1.82, 2.24) is 9.78 Å². The third kappa shape index (κ3) is 4.49. The first-order chi connectivity index (χ1) is 11.7. The molecule has 26 heavy (non-hydrogen) atoms. The molecular weight excluding hydrogens is 444 g/mol. The van der Waals surface area contributed by atoms with Crippen LogP contribution >= 0.6 is 46.6 Å². The minimum Gasteiger partial charge on any atom is -0.362 e. The van der Waals surface area contributed by atoms with E-state index in [0.717, 1.165) is 4.68 Å². The van der Waals surface area contributed by atoms with Crippen LogP contribution in [-0.4, -0.2) is 28.6 Å². The Morgan fingerprint density at radius 1 is 1.08 bits per heavy atom. The van der Waals surface area contributed by atoms with Crippen LogP contribution in [0.25, 0.3) is 5.69 Å². The van der Waals surface area contributed by atoms with Gasteiger partial charge in [-0.1, -0.05) is 23.2 Å². The first-order valence-electron chi connectivity index (χ1n) is 6.81. The van der Waals surface area contributed by atoms with Crippen LogP contribution in [0, 0.1) is 6.92 Å². The van der Waals surface area contributed by atoms with Gasteiger partial charge in [0.1, 0.15) is 11.5 Å².